The van der Waals surface area contributed by atoms with Gasteiger partial charge in [0.25, 0.3) is 0 Å². The average molecular weight is 172 g/mol. The lowest BCUT2D eigenvalue weighted by Crippen LogP contribution is -2.13. The van der Waals surface area contributed by atoms with Crippen LogP contribution in [0.3, 0.4) is 0 Å². The molecule has 1 aliphatic heterocycles. The number of imidazole rings is 1. The molecule has 0 unspecified atom stereocenters. The molecule has 1 aromatic carbocycles. The molecule has 0 saturated carbocycles. The summed E-state index contributed by atoms with van der Waals surface area (Å²) in [5.41, 5.74) is 3.10. The number of nitrogens with one attached hydrogen (secondary N) is 1. The highest BCUT2D eigenvalue weighted by atomic mass is 16.1. The quantitative estimate of drug-likeness (QED) is 0.640. The number of benzene rings is 1. The molecule has 0 aliphatic carbocycles. The molecule has 2 aromatic rings. The summed E-state index contributed by atoms with van der Waals surface area (Å²) in [6, 6.07) is 5.95. The Hall–Kier alpha value is -1.77. The van der Waals surface area contributed by atoms with E-state index >= 15 is 0 Å². The van der Waals surface area contributed by atoms with Crippen LogP contribution in [0.2, 0.25) is 0 Å². The third-order valence-corrected chi connectivity index (χ3v) is 2.41. The van der Waals surface area contributed by atoms with E-state index in [9.17, 15) is 4.79 Å². The van der Waals surface area contributed by atoms with Crippen molar-refractivity contribution in [2.24, 2.45) is 0 Å². The molecule has 1 aromatic heterocycles. The Morgan fingerprint density at radius 1 is 1.38 bits per heavy atom. The molecule has 0 bridgehead atoms. The monoisotopic (exact) mass is 172 g/mol. The van der Waals surface area contributed by atoms with E-state index in [0.717, 1.165) is 17.5 Å². The second kappa shape index (κ2) is 2.13. The number of aromatic amines is 1. The first kappa shape index (κ1) is 6.71. The van der Waals surface area contributed by atoms with Gasteiger partial charge in [-0.1, -0.05) is 18.2 Å². The lowest BCUT2D eigenvalue weighted by molar-refractivity contribution is 1.05. The van der Waals surface area contributed by atoms with Crippen molar-refractivity contribution in [1.29, 1.82) is 0 Å². The summed E-state index contributed by atoms with van der Waals surface area (Å²) in [5, 5.41) is 0. The van der Waals surface area contributed by atoms with E-state index < -0.39 is 0 Å². The first-order chi connectivity index (χ1) is 6.36. The molecular formula is C10H8N2O. The summed E-state index contributed by atoms with van der Waals surface area (Å²) in [4.78, 5) is 14.2. The van der Waals surface area contributed by atoms with Gasteiger partial charge in [0.15, 0.2) is 0 Å². The molecular weight excluding hydrogens is 164 g/mol. The fraction of sp³-hybridized carbons (Fsp3) is 0.100. The molecule has 1 N–H and O–H groups in total. The van der Waals surface area contributed by atoms with E-state index in [4.69, 9.17) is 0 Å². The van der Waals surface area contributed by atoms with Crippen LogP contribution in [0.25, 0.3) is 17.2 Å². The van der Waals surface area contributed by atoms with Gasteiger partial charge < -0.3 is 4.98 Å². The van der Waals surface area contributed by atoms with E-state index in [2.05, 4.69) is 11.1 Å². The van der Waals surface area contributed by atoms with E-state index in [1.807, 2.05) is 24.4 Å². The summed E-state index contributed by atoms with van der Waals surface area (Å²) in [6.45, 7) is 0. The van der Waals surface area contributed by atoms with Gasteiger partial charge in [-0.15, -0.1) is 0 Å². The van der Waals surface area contributed by atoms with Crippen molar-refractivity contribution in [2.75, 3.05) is 0 Å². The summed E-state index contributed by atoms with van der Waals surface area (Å²) < 4.78 is 1.66. The zero-order chi connectivity index (χ0) is 8.84. The van der Waals surface area contributed by atoms with Crippen LogP contribution >= 0.6 is 0 Å². The maximum Gasteiger partial charge on any atom is 0.330 e. The van der Waals surface area contributed by atoms with Gasteiger partial charge in [0.1, 0.15) is 0 Å². The standard InChI is InChI=1S/C10H8N2O/c13-10-11-8-5-1-3-7-4-2-6-12(10)9(7)8/h1-3,5-6H,4H2,(H,11,13). The Morgan fingerprint density at radius 2 is 2.31 bits per heavy atom. The average Bonchev–Trinajstić information content (AvgIpc) is 2.47. The molecule has 0 amide bonds. The highest BCUT2D eigenvalue weighted by Crippen LogP contribution is 2.20. The topological polar surface area (TPSA) is 37.8 Å². The Morgan fingerprint density at radius 3 is 3.23 bits per heavy atom. The second-order valence-electron chi connectivity index (χ2n) is 3.20. The van der Waals surface area contributed by atoms with Gasteiger partial charge in [0.05, 0.1) is 11.0 Å². The molecule has 0 spiro atoms. The molecule has 3 heteroatoms. The Balaban J connectivity index is 2.65. The molecule has 1 aliphatic rings. The number of rotatable bonds is 0. The van der Waals surface area contributed by atoms with Crippen LogP contribution in [-0.2, 0) is 6.42 Å². The summed E-state index contributed by atoms with van der Waals surface area (Å²) in [7, 11) is 0. The lowest BCUT2D eigenvalue weighted by Gasteiger charge is -2.06. The van der Waals surface area contributed by atoms with Crippen LogP contribution < -0.4 is 5.69 Å². The number of H-pyrrole nitrogens is 1. The number of hydrogen-bond donors (Lipinski definition) is 1. The predicted molar refractivity (Wildman–Crippen MR) is 51.6 cm³/mol. The fourth-order valence-corrected chi connectivity index (χ4v) is 1.85. The van der Waals surface area contributed by atoms with Crippen LogP contribution in [0.4, 0.5) is 0 Å². The van der Waals surface area contributed by atoms with Crippen LogP contribution in [0.1, 0.15) is 5.56 Å². The van der Waals surface area contributed by atoms with Crippen molar-refractivity contribution < 1.29 is 0 Å². The van der Waals surface area contributed by atoms with Crippen molar-refractivity contribution in [1.82, 2.24) is 9.55 Å². The molecule has 0 fully saturated rings. The van der Waals surface area contributed by atoms with Crippen LogP contribution in [-0.4, -0.2) is 9.55 Å². The zero-order valence-electron chi connectivity index (χ0n) is 6.95. The molecule has 0 atom stereocenters. The smallest absolute Gasteiger partial charge is 0.305 e. The maximum atomic E-state index is 11.4. The fourth-order valence-electron chi connectivity index (χ4n) is 1.85. The van der Waals surface area contributed by atoms with E-state index in [1.54, 1.807) is 4.57 Å². The van der Waals surface area contributed by atoms with Gasteiger partial charge in [-0.25, -0.2) is 4.79 Å². The molecule has 3 nitrogen and oxygen atoms in total. The van der Waals surface area contributed by atoms with Gasteiger partial charge in [0, 0.05) is 6.20 Å². The highest BCUT2D eigenvalue weighted by Gasteiger charge is 2.10. The van der Waals surface area contributed by atoms with Gasteiger partial charge in [-0.05, 0) is 18.1 Å². The first-order valence-electron chi connectivity index (χ1n) is 4.25. The molecule has 64 valence electrons. The van der Waals surface area contributed by atoms with Crippen LogP contribution in [0.5, 0.6) is 0 Å². The minimum Gasteiger partial charge on any atom is -0.305 e. The Kier molecular flexibility index (Phi) is 1.10. The Bertz CT molecular complexity index is 560. The minimum absolute atomic E-state index is 0.0570. The lowest BCUT2D eigenvalue weighted by atomic mass is 10.1. The van der Waals surface area contributed by atoms with Gasteiger partial charge in [-0.2, -0.15) is 0 Å². The highest BCUT2D eigenvalue weighted by molar-refractivity contribution is 5.82. The van der Waals surface area contributed by atoms with E-state index in [-0.39, 0.29) is 5.69 Å². The summed E-state index contributed by atoms with van der Waals surface area (Å²) >= 11 is 0. The molecule has 13 heavy (non-hydrogen) atoms. The van der Waals surface area contributed by atoms with Crippen molar-refractivity contribution in [3.8, 4) is 0 Å². The van der Waals surface area contributed by atoms with Crippen molar-refractivity contribution in [3.05, 3.63) is 40.3 Å². The normalized spacial score (nSPS) is 13.8. The van der Waals surface area contributed by atoms with Crippen LogP contribution in [0, 0.1) is 0 Å². The van der Waals surface area contributed by atoms with Crippen molar-refractivity contribution in [2.45, 2.75) is 6.42 Å². The summed E-state index contributed by atoms with van der Waals surface area (Å²) in [6.07, 6.45) is 4.74. The summed E-state index contributed by atoms with van der Waals surface area (Å²) in [5.74, 6) is 0. The van der Waals surface area contributed by atoms with E-state index in [0.29, 0.717) is 0 Å². The number of allylic oxidation sites excluding steroid dienone is 1. The molecule has 0 saturated heterocycles. The van der Waals surface area contributed by atoms with Gasteiger partial charge >= 0.3 is 5.69 Å². The van der Waals surface area contributed by atoms with Crippen molar-refractivity contribution in [3.63, 3.8) is 0 Å². The van der Waals surface area contributed by atoms with Crippen molar-refractivity contribution >= 4 is 17.2 Å². The molecule has 0 radical (unpaired) electrons. The third kappa shape index (κ3) is 0.758. The number of nitrogens with zero attached hydrogens (tertiary/aromatic N) is 1. The second-order valence-corrected chi connectivity index (χ2v) is 3.20. The third-order valence-electron chi connectivity index (χ3n) is 2.41. The first-order valence-corrected chi connectivity index (χ1v) is 4.25. The zero-order valence-corrected chi connectivity index (χ0v) is 6.95. The number of para-hydroxylation sites is 1. The molecule has 2 heterocycles. The van der Waals surface area contributed by atoms with Crippen LogP contribution in [0.15, 0.2) is 29.1 Å². The Labute approximate surface area is 74.3 Å². The van der Waals surface area contributed by atoms with E-state index in [1.165, 1.54) is 5.56 Å². The largest absolute Gasteiger partial charge is 0.330 e. The predicted octanol–water partition coefficient (Wildman–Crippen LogP) is 1.36. The van der Waals surface area contributed by atoms with Gasteiger partial charge in [-0.3, -0.25) is 4.57 Å². The number of hydrogen-bond acceptors (Lipinski definition) is 1. The van der Waals surface area contributed by atoms with Gasteiger partial charge in [0.2, 0.25) is 0 Å². The SMILES string of the molecule is O=c1[nH]c2cccc3c2n1C=CC3. The number of aromatic nitrogens is 2. The minimum atomic E-state index is -0.0570. The molecule has 3 rings (SSSR count). The maximum absolute atomic E-state index is 11.4.